The van der Waals surface area contributed by atoms with Crippen molar-refractivity contribution >= 4 is 0 Å². The van der Waals surface area contributed by atoms with Gasteiger partial charge in [-0.15, -0.1) is 0 Å². The van der Waals surface area contributed by atoms with E-state index in [4.69, 9.17) is 14.7 Å². The maximum Gasteiger partial charge on any atom is 0.132 e. The molecule has 2 aliphatic rings. The number of pyridine rings is 1. The van der Waals surface area contributed by atoms with E-state index in [0.717, 1.165) is 56.5 Å². The number of nitrogens with zero attached hydrogens (tertiary/aromatic N) is 3. The Morgan fingerprint density at radius 1 is 0.442 bits per heavy atom. The summed E-state index contributed by atoms with van der Waals surface area (Å²) < 4.78 is 6.67. The SMILES string of the molecule is Cc1nc(-c2ccccc2)cc(-c2ccc3c(c2)C2(c4ccccc4Oc4ccccc42)c2cc(-c4ccccc4-c4ccncc4C)ccc2-3)n1. The number of ether oxygens (including phenoxy) is 1. The van der Waals surface area contributed by atoms with Gasteiger partial charge in [0.05, 0.1) is 16.8 Å². The third-order valence-electron chi connectivity index (χ3n) is 10.7. The molecule has 8 aromatic rings. The molecule has 0 radical (unpaired) electrons. The molecule has 10 rings (SSSR count). The summed E-state index contributed by atoms with van der Waals surface area (Å²) in [4.78, 5) is 14.2. The highest BCUT2D eigenvalue weighted by molar-refractivity contribution is 5.93. The largest absolute Gasteiger partial charge is 0.457 e. The minimum absolute atomic E-state index is 0.631. The molecule has 0 fully saturated rings. The third-order valence-corrected chi connectivity index (χ3v) is 10.7. The van der Waals surface area contributed by atoms with Crippen molar-refractivity contribution in [3.8, 4) is 67.4 Å². The van der Waals surface area contributed by atoms with Crippen molar-refractivity contribution < 1.29 is 4.74 Å². The van der Waals surface area contributed by atoms with E-state index in [0.29, 0.717) is 0 Å². The summed E-state index contributed by atoms with van der Waals surface area (Å²) in [5.41, 5.74) is 16.3. The zero-order valence-electron chi connectivity index (χ0n) is 28.8. The van der Waals surface area contributed by atoms with Crippen molar-refractivity contribution in [1.82, 2.24) is 15.0 Å². The molecule has 0 bridgehead atoms. The average molecular weight is 668 g/mol. The molecule has 0 saturated carbocycles. The molecular weight excluding hydrogens is 635 g/mol. The van der Waals surface area contributed by atoms with E-state index in [1.54, 1.807) is 0 Å². The van der Waals surface area contributed by atoms with Gasteiger partial charge in [0.2, 0.25) is 0 Å². The van der Waals surface area contributed by atoms with E-state index in [1.165, 1.54) is 44.5 Å². The van der Waals surface area contributed by atoms with Gasteiger partial charge in [0.1, 0.15) is 17.3 Å². The van der Waals surface area contributed by atoms with Crippen molar-refractivity contribution in [2.45, 2.75) is 19.3 Å². The Hall–Kier alpha value is -6.65. The molecule has 0 saturated heterocycles. The first-order chi connectivity index (χ1) is 25.6. The molecule has 2 aromatic heterocycles. The Labute approximate surface area is 303 Å². The predicted octanol–water partition coefficient (Wildman–Crippen LogP) is 11.6. The highest BCUT2D eigenvalue weighted by atomic mass is 16.5. The Bertz CT molecular complexity index is 2650. The monoisotopic (exact) mass is 667 g/mol. The molecule has 52 heavy (non-hydrogen) atoms. The fourth-order valence-electron chi connectivity index (χ4n) is 8.44. The zero-order chi connectivity index (χ0) is 34.8. The minimum Gasteiger partial charge on any atom is -0.457 e. The Morgan fingerprint density at radius 2 is 1.02 bits per heavy atom. The van der Waals surface area contributed by atoms with Crippen LogP contribution in [0.25, 0.3) is 55.9 Å². The van der Waals surface area contributed by atoms with Crippen LogP contribution in [0.2, 0.25) is 0 Å². The topological polar surface area (TPSA) is 47.9 Å². The Morgan fingerprint density at radius 3 is 1.71 bits per heavy atom. The molecule has 0 atom stereocenters. The maximum atomic E-state index is 6.67. The van der Waals surface area contributed by atoms with Crippen LogP contribution >= 0.6 is 0 Å². The first-order valence-corrected chi connectivity index (χ1v) is 17.7. The number of hydrogen-bond acceptors (Lipinski definition) is 4. The van der Waals surface area contributed by atoms with E-state index in [1.807, 2.05) is 37.5 Å². The van der Waals surface area contributed by atoms with Crippen LogP contribution in [0.5, 0.6) is 11.5 Å². The van der Waals surface area contributed by atoms with Gasteiger partial charge in [-0.1, -0.05) is 115 Å². The molecule has 246 valence electrons. The number of hydrogen-bond donors (Lipinski definition) is 0. The molecule has 1 aliphatic carbocycles. The van der Waals surface area contributed by atoms with Crippen molar-refractivity contribution in [3.05, 3.63) is 198 Å². The van der Waals surface area contributed by atoms with Crippen LogP contribution in [0, 0.1) is 13.8 Å². The molecule has 1 spiro atoms. The first kappa shape index (κ1) is 30.2. The van der Waals surface area contributed by atoms with Crippen LogP contribution in [0.1, 0.15) is 33.6 Å². The molecule has 3 heterocycles. The number of benzene rings is 6. The summed E-state index contributed by atoms with van der Waals surface area (Å²) in [5, 5.41) is 0. The van der Waals surface area contributed by atoms with Gasteiger partial charge in [-0.25, -0.2) is 9.97 Å². The smallest absolute Gasteiger partial charge is 0.132 e. The highest BCUT2D eigenvalue weighted by Crippen LogP contribution is 2.63. The number of rotatable bonds is 4. The van der Waals surface area contributed by atoms with Crippen LogP contribution in [0.4, 0.5) is 0 Å². The van der Waals surface area contributed by atoms with Gasteiger partial charge in [0, 0.05) is 34.6 Å². The van der Waals surface area contributed by atoms with Crippen LogP contribution < -0.4 is 4.74 Å². The van der Waals surface area contributed by atoms with Crippen LogP contribution in [0.3, 0.4) is 0 Å². The predicted molar refractivity (Wildman–Crippen MR) is 208 cm³/mol. The average Bonchev–Trinajstić information content (AvgIpc) is 3.47. The first-order valence-electron chi connectivity index (χ1n) is 17.7. The van der Waals surface area contributed by atoms with E-state index in [-0.39, 0.29) is 0 Å². The number of fused-ring (bicyclic) bond motifs is 9. The lowest BCUT2D eigenvalue weighted by Crippen LogP contribution is -2.32. The number of aromatic nitrogens is 3. The fraction of sp³-hybridized carbons (Fsp3) is 0.0625. The van der Waals surface area contributed by atoms with Crippen molar-refractivity contribution in [2.24, 2.45) is 0 Å². The van der Waals surface area contributed by atoms with Crippen molar-refractivity contribution in [2.75, 3.05) is 0 Å². The molecule has 4 heteroatoms. The van der Waals surface area contributed by atoms with E-state index < -0.39 is 5.41 Å². The van der Waals surface area contributed by atoms with Gasteiger partial charge in [0.25, 0.3) is 0 Å². The fourth-order valence-corrected chi connectivity index (χ4v) is 8.44. The lowest BCUT2D eigenvalue weighted by molar-refractivity contribution is 0.436. The molecule has 1 aliphatic heterocycles. The molecule has 4 nitrogen and oxygen atoms in total. The molecule has 6 aromatic carbocycles. The molecular formula is C48H33N3O. The van der Waals surface area contributed by atoms with Crippen LogP contribution in [0.15, 0.2) is 164 Å². The third kappa shape index (κ3) is 4.51. The van der Waals surface area contributed by atoms with E-state index >= 15 is 0 Å². The van der Waals surface area contributed by atoms with Crippen molar-refractivity contribution in [3.63, 3.8) is 0 Å². The Balaban J connectivity index is 1.25. The normalized spacial score (nSPS) is 13.1. The summed E-state index contributed by atoms with van der Waals surface area (Å²) in [5.74, 6) is 2.48. The minimum atomic E-state index is -0.631. The second-order valence-corrected chi connectivity index (χ2v) is 13.7. The quantitative estimate of drug-likeness (QED) is 0.187. The van der Waals surface area contributed by atoms with Crippen molar-refractivity contribution in [1.29, 1.82) is 0 Å². The van der Waals surface area contributed by atoms with Gasteiger partial charge in [-0.05, 0) is 100 Å². The zero-order valence-corrected chi connectivity index (χ0v) is 28.8. The van der Waals surface area contributed by atoms with Gasteiger partial charge in [-0.3, -0.25) is 4.98 Å². The van der Waals surface area contributed by atoms with E-state index in [2.05, 4.69) is 145 Å². The second-order valence-electron chi connectivity index (χ2n) is 13.7. The standard InChI is InChI=1S/C48H33N3O/c1-30-29-49-25-24-35(30)37-15-7-6-14-36(37)33-20-22-38-39-23-21-34(45-28-44(50-31(2)51-45)32-12-4-3-5-13-32)27-43(39)48(42(38)26-33)40-16-8-10-18-46(40)52-47-19-11-9-17-41(47)48/h3-29H,1-2H3. The van der Waals surface area contributed by atoms with Gasteiger partial charge >= 0.3 is 0 Å². The summed E-state index contributed by atoms with van der Waals surface area (Å²) in [6.45, 7) is 4.10. The Kier molecular flexibility index (Phi) is 6.80. The molecule has 0 N–H and O–H groups in total. The second kappa shape index (κ2) is 11.7. The highest BCUT2D eigenvalue weighted by Gasteiger charge is 2.51. The molecule has 0 unspecified atom stereocenters. The maximum absolute atomic E-state index is 6.67. The van der Waals surface area contributed by atoms with Gasteiger partial charge in [-0.2, -0.15) is 0 Å². The molecule has 0 amide bonds. The lowest BCUT2D eigenvalue weighted by atomic mass is 9.65. The summed E-state index contributed by atoms with van der Waals surface area (Å²) in [7, 11) is 0. The lowest BCUT2D eigenvalue weighted by Gasteiger charge is -2.39. The number of aryl methyl sites for hydroxylation is 2. The van der Waals surface area contributed by atoms with Gasteiger partial charge in [0.15, 0.2) is 0 Å². The van der Waals surface area contributed by atoms with Crippen LogP contribution in [-0.4, -0.2) is 15.0 Å². The van der Waals surface area contributed by atoms with E-state index in [9.17, 15) is 0 Å². The van der Waals surface area contributed by atoms with Gasteiger partial charge < -0.3 is 4.74 Å². The summed E-state index contributed by atoms with van der Waals surface area (Å²) in [6.07, 6.45) is 3.82. The van der Waals surface area contributed by atoms with Crippen LogP contribution in [-0.2, 0) is 5.41 Å². The number of para-hydroxylation sites is 2. The summed E-state index contributed by atoms with van der Waals surface area (Å²) >= 11 is 0. The summed E-state index contributed by atoms with van der Waals surface area (Å²) in [6, 6.07) is 54.2.